The minimum absolute atomic E-state index is 0.222. The maximum absolute atomic E-state index is 12.4. The number of para-hydroxylation sites is 1. The number of nitrogens with one attached hydrogen (secondary N) is 1. The van der Waals surface area contributed by atoms with Gasteiger partial charge in [-0.15, -0.1) is 0 Å². The Bertz CT molecular complexity index is 797. The van der Waals surface area contributed by atoms with Crippen molar-refractivity contribution in [3.63, 3.8) is 0 Å². The number of hydrogen-bond donors (Lipinski definition) is 3. The number of rotatable bonds is 5. The third-order valence-electron chi connectivity index (χ3n) is 4.27. The van der Waals surface area contributed by atoms with Crippen molar-refractivity contribution in [2.24, 2.45) is 5.73 Å². The lowest BCUT2D eigenvalue weighted by atomic mass is 10.1. The predicted molar refractivity (Wildman–Crippen MR) is 87.9 cm³/mol. The summed E-state index contributed by atoms with van der Waals surface area (Å²) in [6.07, 6.45) is 1.24. The van der Waals surface area contributed by atoms with Crippen molar-refractivity contribution in [1.29, 1.82) is 0 Å². The molecule has 0 saturated heterocycles. The van der Waals surface area contributed by atoms with Gasteiger partial charge in [0, 0.05) is 11.3 Å². The van der Waals surface area contributed by atoms with Crippen LogP contribution in [-0.2, 0) is 17.6 Å². The molecular formula is C17H20N4O3. The van der Waals surface area contributed by atoms with Gasteiger partial charge in [0.1, 0.15) is 6.10 Å². The van der Waals surface area contributed by atoms with E-state index in [4.69, 9.17) is 5.73 Å². The average Bonchev–Trinajstić information content (AvgIpc) is 3.15. The summed E-state index contributed by atoms with van der Waals surface area (Å²) in [5.41, 5.74) is 9.34. The fourth-order valence-corrected chi connectivity index (χ4v) is 2.99. The quantitative estimate of drug-likeness (QED) is 0.730. The number of amides is 2. The molecule has 0 saturated carbocycles. The van der Waals surface area contributed by atoms with Gasteiger partial charge in [0.2, 0.25) is 5.91 Å². The number of aromatic nitrogens is 2. The fraction of sp³-hybridized carbons (Fsp3) is 0.353. The number of benzene rings is 1. The smallest absolute Gasteiger partial charge is 0.272 e. The zero-order valence-corrected chi connectivity index (χ0v) is 13.5. The topological polar surface area (TPSA) is 110 Å². The molecule has 2 aromatic rings. The van der Waals surface area contributed by atoms with Crippen LogP contribution in [0.3, 0.4) is 0 Å². The van der Waals surface area contributed by atoms with Crippen LogP contribution in [0.4, 0.5) is 0 Å². The zero-order valence-electron chi connectivity index (χ0n) is 13.5. The lowest BCUT2D eigenvalue weighted by Gasteiger charge is -2.09. The van der Waals surface area contributed by atoms with Gasteiger partial charge in [-0.3, -0.25) is 9.59 Å². The lowest BCUT2D eigenvalue weighted by Crippen LogP contribution is -2.40. The molecule has 7 nitrogen and oxygen atoms in total. The number of aryl methyl sites for hydroxylation is 1. The molecule has 3 rings (SSSR count). The van der Waals surface area contributed by atoms with Gasteiger partial charge in [-0.2, -0.15) is 5.10 Å². The highest BCUT2D eigenvalue weighted by molar-refractivity contribution is 5.94. The highest BCUT2D eigenvalue weighted by Crippen LogP contribution is 2.28. The van der Waals surface area contributed by atoms with Crippen LogP contribution in [-0.4, -0.2) is 39.4 Å². The van der Waals surface area contributed by atoms with E-state index in [0.717, 1.165) is 41.8 Å². The van der Waals surface area contributed by atoms with Crippen molar-refractivity contribution in [3.8, 4) is 5.69 Å². The number of nitrogens with zero attached hydrogens (tertiary/aromatic N) is 2. The Labute approximate surface area is 139 Å². The van der Waals surface area contributed by atoms with E-state index < -0.39 is 17.9 Å². The second-order valence-electron chi connectivity index (χ2n) is 5.95. The number of fused-ring (bicyclic) bond motifs is 1. The number of nitrogens with two attached hydrogens (primary N) is 1. The third kappa shape index (κ3) is 2.90. The van der Waals surface area contributed by atoms with Crippen molar-refractivity contribution in [2.75, 3.05) is 6.54 Å². The number of carbonyl (C=O) groups excluding carboxylic acids is 2. The van der Waals surface area contributed by atoms with Crippen LogP contribution in [0.2, 0.25) is 0 Å². The first-order chi connectivity index (χ1) is 11.5. The molecule has 126 valence electrons. The highest BCUT2D eigenvalue weighted by Gasteiger charge is 2.27. The summed E-state index contributed by atoms with van der Waals surface area (Å²) in [4.78, 5) is 23.3. The van der Waals surface area contributed by atoms with E-state index in [9.17, 15) is 14.7 Å². The largest absolute Gasteiger partial charge is 0.381 e. The van der Waals surface area contributed by atoms with E-state index >= 15 is 0 Å². The molecular weight excluding hydrogens is 308 g/mol. The third-order valence-corrected chi connectivity index (χ3v) is 4.27. The minimum Gasteiger partial charge on any atom is -0.381 e. The van der Waals surface area contributed by atoms with Crippen molar-refractivity contribution in [1.82, 2.24) is 15.1 Å². The summed E-state index contributed by atoms with van der Waals surface area (Å²) in [5.74, 6) is -1.27. The molecule has 2 amide bonds. The van der Waals surface area contributed by atoms with Gasteiger partial charge in [-0.1, -0.05) is 18.2 Å². The van der Waals surface area contributed by atoms with E-state index in [-0.39, 0.29) is 6.54 Å². The molecule has 0 radical (unpaired) electrons. The molecule has 1 atom stereocenters. The second kappa shape index (κ2) is 6.45. The maximum Gasteiger partial charge on any atom is 0.272 e. The molecule has 1 aliphatic rings. The van der Waals surface area contributed by atoms with E-state index in [1.54, 1.807) is 0 Å². The summed E-state index contributed by atoms with van der Waals surface area (Å²) in [7, 11) is 0. The molecule has 0 fully saturated rings. The Kier molecular flexibility index (Phi) is 4.35. The molecule has 24 heavy (non-hydrogen) atoms. The van der Waals surface area contributed by atoms with Crippen LogP contribution in [0.25, 0.3) is 5.69 Å². The number of aliphatic hydroxyl groups excluding tert-OH is 1. The van der Waals surface area contributed by atoms with E-state index in [1.807, 2.05) is 35.9 Å². The average molecular weight is 328 g/mol. The van der Waals surface area contributed by atoms with Crippen LogP contribution in [0, 0.1) is 6.92 Å². The molecule has 1 unspecified atom stereocenters. The summed E-state index contributed by atoms with van der Waals surface area (Å²) < 4.78 is 1.83. The molecule has 1 aliphatic carbocycles. The minimum atomic E-state index is -1.40. The SMILES string of the molecule is Cc1ccccc1-n1nc(C(=O)NCC(O)C(N)=O)c2c1CCC2. The van der Waals surface area contributed by atoms with Crippen LogP contribution in [0.1, 0.15) is 33.7 Å². The van der Waals surface area contributed by atoms with Gasteiger partial charge < -0.3 is 16.2 Å². The monoisotopic (exact) mass is 328 g/mol. The van der Waals surface area contributed by atoms with Crippen LogP contribution >= 0.6 is 0 Å². The van der Waals surface area contributed by atoms with Gasteiger partial charge in [0.25, 0.3) is 5.91 Å². The summed E-state index contributed by atoms with van der Waals surface area (Å²) in [5, 5.41) is 16.4. The van der Waals surface area contributed by atoms with Crippen LogP contribution < -0.4 is 11.1 Å². The molecule has 1 aromatic heterocycles. The fourth-order valence-electron chi connectivity index (χ4n) is 2.99. The first-order valence-corrected chi connectivity index (χ1v) is 7.91. The molecule has 1 heterocycles. The van der Waals surface area contributed by atoms with E-state index in [1.165, 1.54) is 0 Å². The second-order valence-corrected chi connectivity index (χ2v) is 5.95. The van der Waals surface area contributed by atoms with Gasteiger partial charge in [-0.05, 0) is 37.8 Å². The Hall–Kier alpha value is -2.67. The number of hydrogen-bond acceptors (Lipinski definition) is 4. The zero-order chi connectivity index (χ0) is 17.3. The van der Waals surface area contributed by atoms with Gasteiger partial charge >= 0.3 is 0 Å². The highest BCUT2D eigenvalue weighted by atomic mass is 16.3. The molecule has 0 aliphatic heterocycles. The first kappa shape index (κ1) is 16.2. The van der Waals surface area contributed by atoms with Gasteiger partial charge in [0.05, 0.1) is 12.2 Å². The number of carbonyl (C=O) groups is 2. The Morgan fingerprint density at radius 1 is 1.38 bits per heavy atom. The van der Waals surface area contributed by atoms with E-state index in [0.29, 0.717) is 5.69 Å². The Morgan fingerprint density at radius 2 is 2.12 bits per heavy atom. The van der Waals surface area contributed by atoms with Gasteiger partial charge in [-0.25, -0.2) is 4.68 Å². The maximum atomic E-state index is 12.4. The molecule has 4 N–H and O–H groups in total. The summed E-state index contributed by atoms with van der Waals surface area (Å²) in [6, 6.07) is 7.87. The Balaban J connectivity index is 1.91. The van der Waals surface area contributed by atoms with E-state index in [2.05, 4.69) is 10.4 Å². The molecule has 7 heteroatoms. The number of primary amides is 1. The molecule has 0 spiro atoms. The van der Waals surface area contributed by atoms with Crippen molar-refractivity contribution in [2.45, 2.75) is 32.3 Å². The Morgan fingerprint density at radius 3 is 2.83 bits per heavy atom. The first-order valence-electron chi connectivity index (χ1n) is 7.91. The number of aliphatic hydroxyl groups is 1. The van der Waals surface area contributed by atoms with Crippen molar-refractivity contribution >= 4 is 11.8 Å². The van der Waals surface area contributed by atoms with Crippen molar-refractivity contribution in [3.05, 3.63) is 46.8 Å². The lowest BCUT2D eigenvalue weighted by molar-refractivity contribution is -0.125. The van der Waals surface area contributed by atoms with Gasteiger partial charge in [0.15, 0.2) is 5.69 Å². The van der Waals surface area contributed by atoms with Crippen LogP contribution in [0.5, 0.6) is 0 Å². The molecule has 0 bridgehead atoms. The summed E-state index contributed by atoms with van der Waals surface area (Å²) in [6.45, 7) is 1.78. The standard InChI is InChI=1S/C17H20N4O3/c1-10-5-2-3-7-12(10)21-13-8-4-6-11(13)15(20-21)17(24)19-9-14(22)16(18)23/h2-3,5,7,14,22H,4,6,8-9H2,1H3,(H2,18,23)(H,19,24). The normalized spacial score (nSPS) is 14.2. The van der Waals surface area contributed by atoms with Crippen molar-refractivity contribution < 1.29 is 14.7 Å². The molecule has 1 aromatic carbocycles. The van der Waals surface area contributed by atoms with Crippen LogP contribution in [0.15, 0.2) is 24.3 Å². The predicted octanol–water partition coefficient (Wildman–Crippen LogP) is 0.245. The summed E-state index contributed by atoms with van der Waals surface area (Å²) >= 11 is 0.